The van der Waals surface area contributed by atoms with Gasteiger partial charge in [0.15, 0.2) is 0 Å². The van der Waals surface area contributed by atoms with E-state index in [1.54, 1.807) is 6.07 Å². The van der Waals surface area contributed by atoms with Crippen LogP contribution in [0.3, 0.4) is 0 Å². The smallest absolute Gasteiger partial charge is 0.137 e. The Hall–Kier alpha value is -0.940. The Morgan fingerprint density at radius 1 is 1.21 bits per heavy atom. The van der Waals surface area contributed by atoms with Gasteiger partial charge >= 0.3 is 0 Å². The van der Waals surface area contributed by atoms with Gasteiger partial charge in [0, 0.05) is 5.02 Å². The third-order valence-electron chi connectivity index (χ3n) is 2.91. The Morgan fingerprint density at radius 3 is 2.53 bits per heavy atom. The average molecular weight is 344 g/mol. The highest BCUT2D eigenvalue weighted by molar-refractivity contribution is 9.10. The van der Waals surface area contributed by atoms with Crippen molar-refractivity contribution in [1.29, 1.82) is 0 Å². The maximum atomic E-state index is 13.5. The molecular weight excluding hydrogens is 331 g/mol. The van der Waals surface area contributed by atoms with Gasteiger partial charge in [-0.15, -0.1) is 0 Å². The zero-order valence-electron chi connectivity index (χ0n) is 10.0. The molecule has 0 aliphatic carbocycles. The second kappa shape index (κ2) is 6.48. The molecule has 1 atom stereocenters. The molecule has 3 N–H and O–H groups in total. The molecule has 0 saturated heterocycles. The van der Waals surface area contributed by atoms with Gasteiger partial charge < -0.3 is 0 Å². The van der Waals surface area contributed by atoms with Crippen LogP contribution in [0.4, 0.5) is 4.39 Å². The first-order chi connectivity index (χ1) is 9.11. The van der Waals surface area contributed by atoms with E-state index in [-0.39, 0.29) is 11.9 Å². The number of hydrazine groups is 1. The second-order valence-electron chi connectivity index (χ2n) is 4.19. The van der Waals surface area contributed by atoms with Gasteiger partial charge in [0.05, 0.1) is 10.5 Å². The number of nitrogens with two attached hydrogens (primary N) is 1. The van der Waals surface area contributed by atoms with Crippen LogP contribution in [0.25, 0.3) is 0 Å². The van der Waals surface area contributed by atoms with Gasteiger partial charge in [0.25, 0.3) is 0 Å². The molecule has 2 nitrogen and oxygen atoms in total. The van der Waals surface area contributed by atoms with Crippen molar-refractivity contribution in [2.45, 2.75) is 12.5 Å². The summed E-state index contributed by atoms with van der Waals surface area (Å²) in [6.07, 6.45) is 0.649. The van der Waals surface area contributed by atoms with Crippen LogP contribution in [0, 0.1) is 5.82 Å². The van der Waals surface area contributed by atoms with Crippen molar-refractivity contribution in [3.05, 3.63) is 68.9 Å². The highest BCUT2D eigenvalue weighted by Gasteiger charge is 2.15. The van der Waals surface area contributed by atoms with Crippen molar-refractivity contribution < 1.29 is 4.39 Å². The summed E-state index contributed by atoms with van der Waals surface area (Å²) in [6, 6.07) is 12.3. The number of hydrogen-bond acceptors (Lipinski definition) is 2. The molecule has 2 aromatic carbocycles. The summed E-state index contributed by atoms with van der Waals surface area (Å²) in [5, 5.41) is 0.688. The van der Waals surface area contributed by atoms with Gasteiger partial charge in [-0.1, -0.05) is 35.9 Å². The Kier molecular flexibility index (Phi) is 4.93. The predicted molar refractivity (Wildman–Crippen MR) is 79.3 cm³/mol. The van der Waals surface area contributed by atoms with E-state index in [9.17, 15) is 4.39 Å². The zero-order chi connectivity index (χ0) is 13.8. The largest absolute Gasteiger partial charge is 0.271 e. The lowest BCUT2D eigenvalue weighted by molar-refractivity contribution is 0.540. The molecule has 2 rings (SSSR count). The Bertz CT molecular complexity index is 560. The zero-order valence-corrected chi connectivity index (χ0v) is 12.4. The Balaban J connectivity index is 2.25. The van der Waals surface area contributed by atoms with Crippen LogP contribution in [-0.2, 0) is 6.42 Å². The van der Waals surface area contributed by atoms with E-state index in [1.807, 2.05) is 30.3 Å². The summed E-state index contributed by atoms with van der Waals surface area (Å²) in [5.74, 6) is 5.28. The van der Waals surface area contributed by atoms with Crippen LogP contribution in [-0.4, -0.2) is 0 Å². The molecule has 0 fully saturated rings. The fraction of sp³-hybridized carbons (Fsp3) is 0.143. The SMILES string of the molecule is NNC(Cc1ccc(Cl)cc1)c1cccc(F)c1Br. The standard InChI is InChI=1S/C14H13BrClFN2/c15-14-11(2-1-3-12(14)17)13(19-18)8-9-4-6-10(16)7-5-9/h1-7,13,19H,8,18H2. The normalized spacial score (nSPS) is 12.4. The fourth-order valence-electron chi connectivity index (χ4n) is 1.90. The van der Waals surface area contributed by atoms with Crippen LogP contribution < -0.4 is 11.3 Å². The molecule has 0 spiro atoms. The number of rotatable bonds is 4. The molecule has 2 aromatic rings. The lowest BCUT2D eigenvalue weighted by Gasteiger charge is -2.18. The minimum Gasteiger partial charge on any atom is -0.271 e. The van der Waals surface area contributed by atoms with Gasteiger partial charge in [-0.25, -0.2) is 4.39 Å². The molecule has 0 heterocycles. The van der Waals surface area contributed by atoms with Crippen LogP contribution in [0.1, 0.15) is 17.2 Å². The van der Waals surface area contributed by atoms with Crippen LogP contribution in [0.5, 0.6) is 0 Å². The van der Waals surface area contributed by atoms with E-state index in [1.165, 1.54) is 6.07 Å². The van der Waals surface area contributed by atoms with Gasteiger partial charge in [0.1, 0.15) is 5.82 Å². The number of hydrogen-bond donors (Lipinski definition) is 2. The highest BCUT2D eigenvalue weighted by Crippen LogP contribution is 2.28. The average Bonchev–Trinajstić information content (AvgIpc) is 2.42. The monoisotopic (exact) mass is 342 g/mol. The van der Waals surface area contributed by atoms with Crippen molar-refractivity contribution in [3.8, 4) is 0 Å². The summed E-state index contributed by atoms with van der Waals surface area (Å²) < 4.78 is 14.0. The minimum atomic E-state index is -0.297. The molecule has 0 radical (unpaired) electrons. The molecule has 100 valence electrons. The molecular formula is C14H13BrClFN2. The Morgan fingerprint density at radius 2 is 1.89 bits per heavy atom. The number of halogens is 3. The predicted octanol–water partition coefficient (Wildman–Crippen LogP) is 3.99. The van der Waals surface area contributed by atoms with Crippen LogP contribution >= 0.6 is 27.5 Å². The maximum absolute atomic E-state index is 13.5. The molecule has 0 bridgehead atoms. The van der Waals surface area contributed by atoms with Crippen LogP contribution in [0.15, 0.2) is 46.9 Å². The second-order valence-corrected chi connectivity index (χ2v) is 5.42. The molecule has 0 aliphatic rings. The lowest BCUT2D eigenvalue weighted by Crippen LogP contribution is -2.30. The van der Waals surface area contributed by atoms with Crippen molar-refractivity contribution in [2.75, 3.05) is 0 Å². The van der Waals surface area contributed by atoms with Crippen LogP contribution in [0.2, 0.25) is 5.02 Å². The van der Waals surface area contributed by atoms with E-state index >= 15 is 0 Å². The summed E-state index contributed by atoms with van der Waals surface area (Å²) >= 11 is 9.10. The number of benzene rings is 2. The van der Waals surface area contributed by atoms with Crippen molar-refractivity contribution in [3.63, 3.8) is 0 Å². The molecule has 1 unspecified atom stereocenters. The maximum Gasteiger partial charge on any atom is 0.137 e. The van der Waals surface area contributed by atoms with Crippen molar-refractivity contribution >= 4 is 27.5 Å². The lowest BCUT2D eigenvalue weighted by atomic mass is 9.99. The topological polar surface area (TPSA) is 38.0 Å². The molecule has 0 amide bonds. The van der Waals surface area contributed by atoms with Crippen molar-refractivity contribution in [1.82, 2.24) is 5.43 Å². The highest BCUT2D eigenvalue weighted by atomic mass is 79.9. The van der Waals surface area contributed by atoms with Gasteiger partial charge in [-0.3, -0.25) is 11.3 Å². The van der Waals surface area contributed by atoms with E-state index in [0.29, 0.717) is 15.9 Å². The van der Waals surface area contributed by atoms with E-state index in [4.69, 9.17) is 17.4 Å². The minimum absolute atomic E-state index is 0.175. The molecule has 19 heavy (non-hydrogen) atoms. The Labute approximate surface area is 124 Å². The molecule has 0 aromatic heterocycles. The van der Waals surface area contributed by atoms with Crippen molar-refractivity contribution in [2.24, 2.45) is 5.84 Å². The first kappa shape index (κ1) is 14.5. The summed E-state index contributed by atoms with van der Waals surface area (Å²) in [6.45, 7) is 0. The van der Waals surface area contributed by atoms with Gasteiger partial charge in [0.2, 0.25) is 0 Å². The van der Waals surface area contributed by atoms with Gasteiger partial charge in [-0.2, -0.15) is 0 Å². The fourth-order valence-corrected chi connectivity index (χ4v) is 2.57. The first-order valence-electron chi connectivity index (χ1n) is 5.76. The third-order valence-corrected chi connectivity index (χ3v) is 4.00. The summed E-state index contributed by atoms with van der Waals surface area (Å²) in [4.78, 5) is 0. The quantitative estimate of drug-likeness (QED) is 0.651. The first-order valence-corrected chi connectivity index (χ1v) is 6.93. The third kappa shape index (κ3) is 3.54. The van der Waals surface area contributed by atoms with E-state index < -0.39 is 0 Å². The van der Waals surface area contributed by atoms with E-state index in [0.717, 1.165) is 11.1 Å². The summed E-state index contributed by atoms with van der Waals surface area (Å²) in [7, 11) is 0. The van der Waals surface area contributed by atoms with Gasteiger partial charge in [-0.05, 0) is 51.7 Å². The molecule has 5 heteroatoms. The van der Waals surface area contributed by atoms with E-state index in [2.05, 4.69) is 21.4 Å². The number of nitrogens with one attached hydrogen (secondary N) is 1. The molecule has 0 saturated carbocycles. The molecule has 0 aliphatic heterocycles. The summed E-state index contributed by atoms with van der Waals surface area (Å²) in [5.41, 5.74) is 4.58.